The van der Waals surface area contributed by atoms with Gasteiger partial charge in [0.1, 0.15) is 11.5 Å². The lowest BCUT2D eigenvalue weighted by atomic mass is 10.1. The van der Waals surface area contributed by atoms with E-state index in [0.717, 1.165) is 0 Å². The molecule has 1 aliphatic rings. The van der Waals surface area contributed by atoms with E-state index in [1.807, 2.05) is 0 Å². The Hall–Kier alpha value is -3.13. The third-order valence-electron chi connectivity index (χ3n) is 4.49. The Labute approximate surface area is 191 Å². The number of halogens is 3. The van der Waals surface area contributed by atoms with Crippen molar-refractivity contribution in [3.05, 3.63) is 85.0 Å². The van der Waals surface area contributed by atoms with Gasteiger partial charge in [-0.25, -0.2) is 0 Å². The molecule has 1 aromatic heterocycles. The zero-order valence-electron chi connectivity index (χ0n) is 15.8. The van der Waals surface area contributed by atoms with Crippen LogP contribution in [0.25, 0.3) is 17.4 Å². The summed E-state index contributed by atoms with van der Waals surface area (Å²) in [6, 6.07) is 12.1. The Morgan fingerprint density at radius 2 is 1.77 bits per heavy atom. The number of amides is 1. The van der Waals surface area contributed by atoms with Crippen molar-refractivity contribution in [2.24, 2.45) is 5.10 Å². The lowest BCUT2D eigenvalue weighted by Gasteiger charge is -2.12. The largest absolute Gasteiger partial charge is 0.457 e. The molecular weight excluding hydrogens is 465 g/mol. The van der Waals surface area contributed by atoms with Gasteiger partial charge in [-0.3, -0.25) is 14.9 Å². The molecule has 1 amide bonds. The number of nitrogens with zero attached hydrogens (tertiary/aromatic N) is 3. The van der Waals surface area contributed by atoms with Gasteiger partial charge in [-0.1, -0.05) is 34.8 Å². The molecule has 0 atom stereocenters. The van der Waals surface area contributed by atoms with Crippen LogP contribution in [-0.4, -0.2) is 16.5 Å². The smallest absolute Gasteiger partial charge is 0.280 e. The number of rotatable bonds is 4. The Balaban J connectivity index is 1.66. The Morgan fingerprint density at radius 1 is 1.06 bits per heavy atom. The van der Waals surface area contributed by atoms with E-state index in [2.05, 4.69) is 5.10 Å². The van der Waals surface area contributed by atoms with Crippen molar-refractivity contribution in [3.8, 4) is 11.3 Å². The van der Waals surface area contributed by atoms with Crippen LogP contribution in [0.3, 0.4) is 0 Å². The highest BCUT2D eigenvalue weighted by Gasteiger charge is 2.29. The van der Waals surface area contributed by atoms with Crippen molar-refractivity contribution in [3.63, 3.8) is 0 Å². The topological polar surface area (TPSA) is 89.0 Å². The van der Waals surface area contributed by atoms with Crippen LogP contribution in [0, 0.1) is 10.1 Å². The number of nitro groups is 1. The third kappa shape index (κ3) is 4.20. The van der Waals surface area contributed by atoms with Crippen molar-refractivity contribution in [1.82, 2.24) is 0 Å². The second kappa shape index (κ2) is 8.19. The van der Waals surface area contributed by atoms with Crippen molar-refractivity contribution in [2.75, 3.05) is 5.01 Å². The van der Waals surface area contributed by atoms with E-state index in [9.17, 15) is 14.9 Å². The molecule has 0 N–H and O–H groups in total. The molecule has 1 aliphatic heterocycles. The van der Waals surface area contributed by atoms with Gasteiger partial charge < -0.3 is 4.42 Å². The minimum Gasteiger partial charge on any atom is -0.457 e. The highest BCUT2D eigenvalue weighted by atomic mass is 35.5. The maximum atomic E-state index is 12.9. The highest BCUT2D eigenvalue weighted by Crippen LogP contribution is 2.34. The van der Waals surface area contributed by atoms with Crippen LogP contribution in [0.1, 0.15) is 12.7 Å². The number of benzene rings is 2. The van der Waals surface area contributed by atoms with E-state index in [1.165, 1.54) is 23.2 Å². The van der Waals surface area contributed by atoms with E-state index >= 15 is 0 Å². The van der Waals surface area contributed by atoms with Crippen LogP contribution in [-0.2, 0) is 4.79 Å². The monoisotopic (exact) mass is 475 g/mol. The summed E-state index contributed by atoms with van der Waals surface area (Å²) in [4.78, 5) is 23.4. The third-order valence-corrected chi connectivity index (χ3v) is 5.26. The zero-order valence-corrected chi connectivity index (χ0v) is 18.1. The molecule has 3 aromatic rings. The second-order valence-corrected chi connectivity index (χ2v) is 7.89. The SMILES string of the molecule is CC1=NN(c2cc(Cl)cc(Cl)c2)C(=O)C1=Cc1ccc(-c2cc([N+](=O)[O-])ccc2Cl)o1. The molecule has 0 saturated heterocycles. The first kappa shape index (κ1) is 21.1. The van der Waals surface area contributed by atoms with Gasteiger partial charge in [-0.15, -0.1) is 0 Å². The molecule has 2 heterocycles. The summed E-state index contributed by atoms with van der Waals surface area (Å²) < 4.78 is 5.77. The summed E-state index contributed by atoms with van der Waals surface area (Å²) in [6.45, 7) is 1.69. The first-order chi connectivity index (χ1) is 14.7. The van der Waals surface area contributed by atoms with Crippen molar-refractivity contribution < 1.29 is 14.1 Å². The molecule has 0 bridgehead atoms. The van der Waals surface area contributed by atoms with Gasteiger partial charge in [0.15, 0.2) is 0 Å². The lowest BCUT2D eigenvalue weighted by molar-refractivity contribution is -0.384. The van der Waals surface area contributed by atoms with Crippen molar-refractivity contribution in [1.29, 1.82) is 0 Å². The van der Waals surface area contributed by atoms with E-state index in [-0.39, 0.29) is 11.6 Å². The van der Waals surface area contributed by atoms with Gasteiger partial charge in [0.05, 0.1) is 26.9 Å². The molecule has 0 radical (unpaired) electrons. The van der Waals surface area contributed by atoms with E-state index < -0.39 is 4.92 Å². The quantitative estimate of drug-likeness (QED) is 0.240. The van der Waals surface area contributed by atoms with Crippen LogP contribution in [0.5, 0.6) is 0 Å². The van der Waals surface area contributed by atoms with Crippen LogP contribution < -0.4 is 5.01 Å². The van der Waals surface area contributed by atoms with Gasteiger partial charge in [0, 0.05) is 27.7 Å². The number of hydrazone groups is 1. The van der Waals surface area contributed by atoms with Crippen LogP contribution >= 0.6 is 34.8 Å². The van der Waals surface area contributed by atoms with Crippen LogP contribution in [0.4, 0.5) is 11.4 Å². The summed E-state index contributed by atoms with van der Waals surface area (Å²) in [6.07, 6.45) is 1.54. The number of anilines is 1. The normalized spacial score (nSPS) is 15.0. The molecule has 0 saturated carbocycles. The number of carbonyl (C=O) groups is 1. The predicted octanol–water partition coefficient (Wildman–Crippen LogP) is 6.62. The number of furan rings is 1. The fraction of sp³-hybridized carbons (Fsp3) is 0.0476. The minimum atomic E-state index is -0.515. The molecule has 156 valence electrons. The van der Waals surface area contributed by atoms with Gasteiger partial charge in [-0.05, 0) is 49.4 Å². The number of carbonyl (C=O) groups excluding carboxylic acids is 1. The van der Waals surface area contributed by atoms with E-state index in [0.29, 0.717) is 49.1 Å². The molecule has 10 heteroatoms. The standard InChI is InChI=1S/C21H12Cl3N3O4/c1-11-17(21(28)26(25-11)15-7-12(22)6-13(23)8-15)10-16-3-5-20(31-16)18-9-14(27(29)30)2-4-19(18)24/h2-10H,1H3. The number of hydrogen-bond acceptors (Lipinski definition) is 5. The molecule has 0 spiro atoms. The number of non-ortho nitro benzene ring substituents is 1. The molecule has 0 aliphatic carbocycles. The molecule has 2 aromatic carbocycles. The molecule has 0 unspecified atom stereocenters. The summed E-state index contributed by atoms with van der Waals surface area (Å²) >= 11 is 18.2. The number of nitro benzene ring substituents is 1. The average molecular weight is 477 g/mol. The number of hydrogen-bond donors (Lipinski definition) is 0. The minimum absolute atomic E-state index is 0.111. The lowest BCUT2D eigenvalue weighted by Crippen LogP contribution is -2.21. The van der Waals surface area contributed by atoms with Crippen LogP contribution in [0.2, 0.25) is 15.1 Å². The summed E-state index contributed by atoms with van der Waals surface area (Å²) in [5.41, 5.74) is 1.50. The predicted molar refractivity (Wildman–Crippen MR) is 121 cm³/mol. The first-order valence-corrected chi connectivity index (χ1v) is 9.98. The van der Waals surface area contributed by atoms with Gasteiger partial charge in [0.25, 0.3) is 11.6 Å². The molecule has 7 nitrogen and oxygen atoms in total. The van der Waals surface area contributed by atoms with Crippen molar-refractivity contribution in [2.45, 2.75) is 6.92 Å². The molecule has 0 fully saturated rings. The van der Waals surface area contributed by atoms with Gasteiger partial charge in [0.2, 0.25) is 0 Å². The highest BCUT2D eigenvalue weighted by molar-refractivity contribution is 6.36. The maximum Gasteiger partial charge on any atom is 0.280 e. The van der Waals surface area contributed by atoms with Gasteiger partial charge in [-0.2, -0.15) is 10.1 Å². The Morgan fingerprint density at radius 3 is 2.45 bits per heavy atom. The summed E-state index contributed by atoms with van der Waals surface area (Å²) in [5, 5.41) is 17.6. The first-order valence-electron chi connectivity index (χ1n) is 8.85. The molecule has 4 rings (SSSR count). The Kier molecular flexibility index (Phi) is 5.58. The van der Waals surface area contributed by atoms with Crippen LogP contribution in [0.15, 0.2) is 63.6 Å². The van der Waals surface area contributed by atoms with E-state index in [4.69, 9.17) is 39.2 Å². The average Bonchev–Trinajstić information content (AvgIpc) is 3.27. The fourth-order valence-corrected chi connectivity index (χ4v) is 3.78. The summed E-state index contributed by atoms with van der Waals surface area (Å²) in [7, 11) is 0. The zero-order chi connectivity index (χ0) is 22.3. The fourth-order valence-electron chi connectivity index (χ4n) is 3.05. The summed E-state index contributed by atoms with van der Waals surface area (Å²) in [5.74, 6) is 0.322. The molecular formula is C21H12Cl3N3O4. The van der Waals surface area contributed by atoms with Crippen molar-refractivity contribution >= 4 is 63.9 Å². The van der Waals surface area contributed by atoms with E-state index in [1.54, 1.807) is 43.3 Å². The second-order valence-electron chi connectivity index (χ2n) is 6.61. The van der Waals surface area contributed by atoms with Gasteiger partial charge >= 0.3 is 0 Å². The molecule has 31 heavy (non-hydrogen) atoms. The Bertz CT molecular complexity index is 1280. The maximum absolute atomic E-state index is 12.9.